The van der Waals surface area contributed by atoms with Crippen LogP contribution in [0.3, 0.4) is 0 Å². The van der Waals surface area contributed by atoms with E-state index in [4.69, 9.17) is 10.5 Å². The number of nitrogens with one attached hydrogen (secondary N) is 1. The number of carbonyl (C=O) groups is 2. The van der Waals surface area contributed by atoms with E-state index in [1.165, 1.54) is 6.08 Å². The minimum Gasteiger partial charge on any atom is -0.457 e. The van der Waals surface area contributed by atoms with Crippen LogP contribution in [0, 0.1) is 6.92 Å². The number of hydrogen-bond acceptors (Lipinski definition) is 5. The largest absolute Gasteiger partial charge is 0.457 e. The molecule has 0 aliphatic heterocycles. The Balaban J connectivity index is 2.12. The number of ether oxygens (including phenoxy) is 1. The summed E-state index contributed by atoms with van der Waals surface area (Å²) in [5.74, 6) is -0.802. The number of hydrogen-bond donors (Lipinski definition) is 2. The fourth-order valence-corrected chi connectivity index (χ4v) is 3.04. The van der Waals surface area contributed by atoms with E-state index in [9.17, 15) is 9.59 Å². The molecule has 1 amide bonds. The Hall–Kier alpha value is -2.60. The molecule has 2 aromatic rings. The first-order valence-corrected chi connectivity index (χ1v) is 7.85. The van der Waals surface area contributed by atoms with Crippen molar-refractivity contribution in [1.29, 1.82) is 0 Å². The van der Waals surface area contributed by atoms with Gasteiger partial charge in [-0.25, -0.2) is 4.79 Å². The molecule has 2 rings (SSSR count). The molecule has 0 aliphatic carbocycles. The normalized spacial score (nSPS) is 10.1. The molecule has 0 fully saturated rings. The Morgan fingerprint density at radius 1 is 1.35 bits per heavy atom. The average Bonchev–Trinajstić information content (AvgIpc) is 2.86. The van der Waals surface area contributed by atoms with Gasteiger partial charge in [-0.1, -0.05) is 43.0 Å². The number of carbonyl (C=O) groups excluding carboxylic acids is 2. The van der Waals surface area contributed by atoms with Gasteiger partial charge < -0.3 is 15.8 Å². The van der Waals surface area contributed by atoms with Gasteiger partial charge in [0, 0.05) is 6.54 Å². The maximum absolute atomic E-state index is 12.4. The van der Waals surface area contributed by atoms with Gasteiger partial charge in [0.05, 0.1) is 10.6 Å². The maximum Gasteiger partial charge on any atom is 0.348 e. The van der Waals surface area contributed by atoms with E-state index in [2.05, 4.69) is 11.9 Å². The van der Waals surface area contributed by atoms with Crippen LogP contribution < -0.4 is 11.1 Å². The van der Waals surface area contributed by atoms with Crippen LogP contribution in [0.4, 0.5) is 5.00 Å². The van der Waals surface area contributed by atoms with Crippen LogP contribution in [0.1, 0.15) is 31.2 Å². The van der Waals surface area contributed by atoms with E-state index in [1.807, 2.05) is 30.3 Å². The van der Waals surface area contributed by atoms with E-state index in [0.717, 1.165) is 16.9 Å². The molecule has 1 heterocycles. The first-order valence-electron chi connectivity index (χ1n) is 7.03. The van der Waals surface area contributed by atoms with E-state index < -0.39 is 5.97 Å². The fourth-order valence-electron chi connectivity index (χ4n) is 2.08. The van der Waals surface area contributed by atoms with Gasteiger partial charge in [0.25, 0.3) is 5.91 Å². The summed E-state index contributed by atoms with van der Waals surface area (Å²) in [5.41, 5.74) is 7.76. The predicted molar refractivity (Wildman–Crippen MR) is 91.6 cm³/mol. The minimum atomic E-state index is -0.499. The molecule has 1 aromatic carbocycles. The standard InChI is InChI=1S/C17H18N2O3S/c1-3-9-22-17(21)14-11(2)13(15(18)23-14)16(20)19-10-12-7-5-4-6-8-12/h3-8H,1,9-10,18H2,2H3,(H,19,20). The third kappa shape index (κ3) is 3.98. The molecule has 120 valence electrons. The number of amides is 1. The summed E-state index contributed by atoms with van der Waals surface area (Å²) < 4.78 is 5.00. The average molecular weight is 330 g/mol. The van der Waals surface area contributed by atoms with Gasteiger partial charge in [-0.3, -0.25) is 4.79 Å². The summed E-state index contributed by atoms with van der Waals surface area (Å²) in [6.45, 7) is 5.69. The van der Waals surface area contributed by atoms with Crippen molar-refractivity contribution in [2.75, 3.05) is 12.3 Å². The Labute approximate surface area is 138 Å². The summed E-state index contributed by atoms with van der Waals surface area (Å²) in [7, 11) is 0. The summed E-state index contributed by atoms with van der Waals surface area (Å²) in [6, 6.07) is 9.55. The summed E-state index contributed by atoms with van der Waals surface area (Å²) >= 11 is 1.06. The van der Waals surface area contributed by atoms with Crippen LogP contribution in [0.25, 0.3) is 0 Å². The number of esters is 1. The molecule has 5 nitrogen and oxygen atoms in total. The zero-order valence-electron chi connectivity index (χ0n) is 12.8. The lowest BCUT2D eigenvalue weighted by molar-refractivity contribution is 0.0554. The van der Waals surface area contributed by atoms with Crippen LogP contribution in [-0.4, -0.2) is 18.5 Å². The van der Waals surface area contributed by atoms with Gasteiger partial charge in [0.15, 0.2) is 0 Å². The van der Waals surface area contributed by atoms with Crippen LogP contribution in [-0.2, 0) is 11.3 Å². The minimum absolute atomic E-state index is 0.117. The number of nitrogens with two attached hydrogens (primary N) is 1. The second kappa shape index (κ2) is 7.60. The molecule has 0 bridgehead atoms. The lowest BCUT2D eigenvalue weighted by Crippen LogP contribution is -2.24. The van der Waals surface area contributed by atoms with Crippen molar-refractivity contribution in [3.63, 3.8) is 0 Å². The van der Waals surface area contributed by atoms with E-state index in [0.29, 0.717) is 27.5 Å². The zero-order chi connectivity index (χ0) is 16.8. The highest BCUT2D eigenvalue weighted by molar-refractivity contribution is 7.18. The summed E-state index contributed by atoms with van der Waals surface area (Å²) in [6.07, 6.45) is 1.48. The van der Waals surface area contributed by atoms with Gasteiger partial charge in [-0.05, 0) is 18.1 Å². The molecular weight excluding hydrogens is 312 g/mol. The number of rotatable bonds is 6. The van der Waals surface area contributed by atoms with Crippen LogP contribution in [0.2, 0.25) is 0 Å². The summed E-state index contributed by atoms with van der Waals surface area (Å²) in [5, 5.41) is 3.12. The van der Waals surface area contributed by atoms with Gasteiger partial charge >= 0.3 is 5.97 Å². The smallest absolute Gasteiger partial charge is 0.348 e. The molecule has 1 aromatic heterocycles. The highest BCUT2D eigenvalue weighted by atomic mass is 32.1. The Morgan fingerprint density at radius 2 is 2.04 bits per heavy atom. The van der Waals surface area contributed by atoms with Gasteiger partial charge in [-0.15, -0.1) is 11.3 Å². The molecule has 0 atom stereocenters. The highest BCUT2D eigenvalue weighted by Gasteiger charge is 2.23. The van der Waals surface area contributed by atoms with Crippen molar-refractivity contribution < 1.29 is 14.3 Å². The topological polar surface area (TPSA) is 81.4 Å². The number of nitrogen functional groups attached to an aromatic ring is 1. The predicted octanol–water partition coefficient (Wildman–Crippen LogP) is 2.91. The number of anilines is 1. The quantitative estimate of drug-likeness (QED) is 0.630. The molecule has 6 heteroatoms. The third-order valence-electron chi connectivity index (χ3n) is 3.21. The van der Waals surface area contributed by atoms with Crippen LogP contribution >= 0.6 is 11.3 Å². The molecule has 0 saturated heterocycles. The molecule has 0 radical (unpaired) electrons. The molecule has 23 heavy (non-hydrogen) atoms. The van der Waals surface area contributed by atoms with Crippen LogP contribution in [0.5, 0.6) is 0 Å². The second-order valence-electron chi connectivity index (χ2n) is 4.85. The molecule has 0 aliphatic rings. The molecule has 0 spiro atoms. The van der Waals surface area contributed by atoms with Crippen molar-refractivity contribution in [2.24, 2.45) is 0 Å². The fraction of sp³-hybridized carbons (Fsp3) is 0.176. The van der Waals surface area contributed by atoms with E-state index in [-0.39, 0.29) is 12.5 Å². The van der Waals surface area contributed by atoms with Crippen molar-refractivity contribution in [2.45, 2.75) is 13.5 Å². The third-order valence-corrected chi connectivity index (χ3v) is 4.32. The van der Waals surface area contributed by atoms with Crippen molar-refractivity contribution in [3.8, 4) is 0 Å². The van der Waals surface area contributed by atoms with Crippen molar-refractivity contribution in [1.82, 2.24) is 5.32 Å². The van der Waals surface area contributed by atoms with E-state index in [1.54, 1.807) is 6.92 Å². The van der Waals surface area contributed by atoms with Gasteiger partial charge in [0.1, 0.15) is 11.5 Å². The highest BCUT2D eigenvalue weighted by Crippen LogP contribution is 2.31. The van der Waals surface area contributed by atoms with Crippen LogP contribution in [0.15, 0.2) is 43.0 Å². The maximum atomic E-state index is 12.4. The number of benzene rings is 1. The Bertz CT molecular complexity index is 723. The number of thiophene rings is 1. The zero-order valence-corrected chi connectivity index (χ0v) is 13.6. The van der Waals surface area contributed by atoms with Gasteiger partial charge in [0.2, 0.25) is 0 Å². The van der Waals surface area contributed by atoms with E-state index >= 15 is 0 Å². The van der Waals surface area contributed by atoms with Crippen molar-refractivity contribution in [3.05, 3.63) is 64.6 Å². The first kappa shape index (κ1) is 16.8. The molecule has 3 N–H and O–H groups in total. The SMILES string of the molecule is C=CCOC(=O)c1sc(N)c(C(=O)NCc2ccccc2)c1C. The second-order valence-corrected chi connectivity index (χ2v) is 5.90. The summed E-state index contributed by atoms with van der Waals surface area (Å²) in [4.78, 5) is 24.6. The Kier molecular flexibility index (Phi) is 5.54. The van der Waals surface area contributed by atoms with Gasteiger partial charge in [-0.2, -0.15) is 0 Å². The molecule has 0 saturated carbocycles. The first-order chi connectivity index (χ1) is 11.0. The molecular formula is C17H18N2O3S. The lowest BCUT2D eigenvalue weighted by Gasteiger charge is -2.06. The van der Waals surface area contributed by atoms with Crippen molar-refractivity contribution >= 4 is 28.2 Å². The Morgan fingerprint density at radius 3 is 2.70 bits per heavy atom. The lowest BCUT2D eigenvalue weighted by atomic mass is 10.1. The monoisotopic (exact) mass is 330 g/mol. The molecule has 0 unspecified atom stereocenters.